The van der Waals surface area contributed by atoms with Crippen LogP contribution in [-0.2, 0) is 0 Å². The van der Waals surface area contributed by atoms with Crippen LogP contribution in [0.1, 0.15) is 16.1 Å². The first-order valence-electron chi connectivity index (χ1n) is 4.50. The molecular formula is C10H8BrN3O2. The highest BCUT2D eigenvalue weighted by molar-refractivity contribution is 9.10. The summed E-state index contributed by atoms with van der Waals surface area (Å²) in [6.45, 7) is 1.72. The van der Waals surface area contributed by atoms with E-state index >= 15 is 0 Å². The molecular weight excluding hydrogens is 274 g/mol. The molecule has 0 radical (unpaired) electrons. The van der Waals surface area contributed by atoms with Crippen molar-refractivity contribution in [3.8, 4) is 0 Å². The molecule has 0 atom stereocenters. The molecule has 1 amide bonds. The number of halogens is 1. The van der Waals surface area contributed by atoms with E-state index < -0.39 is 0 Å². The Kier molecular flexibility index (Phi) is 3.00. The maximum absolute atomic E-state index is 11.7. The van der Waals surface area contributed by atoms with Crippen LogP contribution in [0.15, 0.2) is 33.7 Å². The molecule has 2 rings (SSSR count). The number of hydrogen-bond acceptors (Lipinski definition) is 4. The molecule has 1 N–H and O–H groups in total. The number of hydrogen-bond donors (Lipinski definition) is 1. The van der Waals surface area contributed by atoms with E-state index in [1.54, 1.807) is 13.0 Å². The zero-order valence-corrected chi connectivity index (χ0v) is 9.98. The SMILES string of the molecule is Cc1occc1C(=O)Nc1cnc(Br)cn1. The Bertz CT molecular complexity index is 507. The van der Waals surface area contributed by atoms with Gasteiger partial charge in [-0.3, -0.25) is 4.79 Å². The van der Waals surface area contributed by atoms with Gasteiger partial charge in [-0.05, 0) is 28.9 Å². The molecule has 0 aliphatic rings. The number of amides is 1. The van der Waals surface area contributed by atoms with Crippen LogP contribution in [0.3, 0.4) is 0 Å². The number of aryl methyl sites for hydroxylation is 1. The monoisotopic (exact) mass is 281 g/mol. The minimum atomic E-state index is -0.261. The quantitative estimate of drug-likeness (QED) is 0.918. The molecule has 0 aliphatic carbocycles. The van der Waals surface area contributed by atoms with Gasteiger partial charge < -0.3 is 9.73 Å². The van der Waals surface area contributed by atoms with Crippen LogP contribution in [-0.4, -0.2) is 15.9 Å². The molecule has 0 spiro atoms. The van der Waals surface area contributed by atoms with Crippen LogP contribution in [0.25, 0.3) is 0 Å². The van der Waals surface area contributed by atoms with Gasteiger partial charge in [0.05, 0.1) is 24.2 Å². The third-order valence-corrected chi connectivity index (χ3v) is 2.37. The molecule has 0 aliphatic heterocycles. The highest BCUT2D eigenvalue weighted by Gasteiger charge is 2.11. The van der Waals surface area contributed by atoms with Crippen LogP contribution in [0.5, 0.6) is 0 Å². The number of carbonyl (C=O) groups is 1. The van der Waals surface area contributed by atoms with Crippen molar-refractivity contribution in [1.29, 1.82) is 0 Å². The Morgan fingerprint density at radius 1 is 1.44 bits per heavy atom. The molecule has 0 fully saturated rings. The lowest BCUT2D eigenvalue weighted by Gasteiger charge is -2.02. The molecule has 0 bridgehead atoms. The molecule has 6 heteroatoms. The molecule has 2 heterocycles. The first kappa shape index (κ1) is 10.8. The molecule has 2 aromatic rings. The van der Waals surface area contributed by atoms with Gasteiger partial charge in [-0.1, -0.05) is 0 Å². The minimum Gasteiger partial charge on any atom is -0.469 e. The summed E-state index contributed by atoms with van der Waals surface area (Å²) in [5, 5.41) is 2.62. The lowest BCUT2D eigenvalue weighted by Crippen LogP contribution is -2.13. The smallest absolute Gasteiger partial charge is 0.260 e. The van der Waals surface area contributed by atoms with Gasteiger partial charge in [0.2, 0.25) is 0 Å². The summed E-state index contributed by atoms with van der Waals surface area (Å²) in [6.07, 6.45) is 4.45. The van der Waals surface area contributed by atoms with Crippen LogP contribution in [0, 0.1) is 6.92 Å². The maximum atomic E-state index is 11.7. The van der Waals surface area contributed by atoms with E-state index in [-0.39, 0.29) is 5.91 Å². The molecule has 16 heavy (non-hydrogen) atoms. The van der Waals surface area contributed by atoms with Gasteiger partial charge in [-0.2, -0.15) is 0 Å². The summed E-state index contributed by atoms with van der Waals surface area (Å²) in [7, 11) is 0. The minimum absolute atomic E-state index is 0.261. The van der Waals surface area contributed by atoms with Crippen LogP contribution in [0.2, 0.25) is 0 Å². The van der Waals surface area contributed by atoms with E-state index in [4.69, 9.17) is 4.42 Å². The third-order valence-electron chi connectivity index (χ3n) is 1.97. The Morgan fingerprint density at radius 3 is 2.81 bits per heavy atom. The third kappa shape index (κ3) is 2.27. The van der Waals surface area contributed by atoms with Crippen LogP contribution < -0.4 is 5.32 Å². The number of rotatable bonds is 2. The summed E-state index contributed by atoms with van der Waals surface area (Å²) in [5.74, 6) is 0.708. The first-order valence-corrected chi connectivity index (χ1v) is 5.29. The van der Waals surface area contributed by atoms with E-state index in [1.807, 2.05) is 0 Å². The summed E-state index contributed by atoms with van der Waals surface area (Å²) in [4.78, 5) is 19.7. The van der Waals surface area contributed by atoms with Gasteiger partial charge in [0.15, 0.2) is 5.82 Å². The zero-order valence-electron chi connectivity index (χ0n) is 8.40. The molecule has 82 valence electrons. The topological polar surface area (TPSA) is 68.0 Å². The summed E-state index contributed by atoms with van der Waals surface area (Å²) >= 11 is 3.16. The predicted molar refractivity (Wildman–Crippen MR) is 61.1 cm³/mol. The number of furan rings is 1. The van der Waals surface area contributed by atoms with E-state index in [1.165, 1.54) is 18.7 Å². The fourth-order valence-electron chi connectivity index (χ4n) is 1.18. The van der Waals surface area contributed by atoms with Crippen molar-refractivity contribution in [3.63, 3.8) is 0 Å². The average molecular weight is 282 g/mol. The maximum Gasteiger partial charge on any atom is 0.260 e. The lowest BCUT2D eigenvalue weighted by molar-refractivity contribution is 0.102. The summed E-state index contributed by atoms with van der Waals surface area (Å²) in [5.41, 5.74) is 0.490. The molecule has 0 unspecified atom stereocenters. The van der Waals surface area contributed by atoms with Gasteiger partial charge in [0.25, 0.3) is 5.91 Å². The molecule has 2 aromatic heterocycles. The van der Waals surface area contributed by atoms with Crippen LogP contribution in [0.4, 0.5) is 5.82 Å². The highest BCUT2D eigenvalue weighted by Crippen LogP contribution is 2.12. The fourth-order valence-corrected chi connectivity index (χ4v) is 1.39. The van der Waals surface area contributed by atoms with Gasteiger partial charge in [0, 0.05) is 0 Å². The van der Waals surface area contributed by atoms with Crippen molar-refractivity contribution in [3.05, 3.63) is 40.7 Å². The van der Waals surface area contributed by atoms with Crippen LogP contribution >= 0.6 is 15.9 Å². The van der Waals surface area contributed by atoms with E-state index in [0.717, 1.165) is 0 Å². The standard InChI is InChI=1S/C10H8BrN3O2/c1-6-7(2-3-16-6)10(15)14-9-5-12-8(11)4-13-9/h2-5H,1H3,(H,13,14,15). The molecule has 0 aromatic carbocycles. The van der Waals surface area contributed by atoms with E-state index in [2.05, 4.69) is 31.2 Å². The number of anilines is 1. The predicted octanol–water partition coefficient (Wildman–Crippen LogP) is 2.39. The first-order chi connectivity index (χ1) is 7.66. The van der Waals surface area contributed by atoms with E-state index in [9.17, 15) is 4.79 Å². The van der Waals surface area contributed by atoms with Gasteiger partial charge in [-0.25, -0.2) is 9.97 Å². The second-order valence-corrected chi connectivity index (χ2v) is 3.88. The number of nitrogens with zero attached hydrogens (tertiary/aromatic N) is 2. The Balaban J connectivity index is 2.14. The molecule has 0 saturated heterocycles. The van der Waals surface area contributed by atoms with Crippen molar-refractivity contribution >= 4 is 27.7 Å². The Morgan fingerprint density at radius 2 is 2.25 bits per heavy atom. The lowest BCUT2D eigenvalue weighted by atomic mass is 10.2. The van der Waals surface area contributed by atoms with Crippen molar-refractivity contribution in [2.75, 3.05) is 5.32 Å². The van der Waals surface area contributed by atoms with Gasteiger partial charge in [0.1, 0.15) is 10.4 Å². The van der Waals surface area contributed by atoms with Gasteiger partial charge in [-0.15, -0.1) is 0 Å². The Labute approximate surface area is 100 Å². The molecule has 5 nitrogen and oxygen atoms in total. The summed E-state index contributed by atoms with van der Waals surface area (Å²) < 4.78 is 5.65. The molecule has 0 saturated carbocycles. The average Bonchev–Trinajstić information content (AvgIpc) is 2.68. The second kappa shape index (κ2) is 4.44. The van der Waals surface area contributed by atoms with Crippen molar-refractivity contribution in [2.45, 2.75) is 6.92 Å². The van der Waals surface area contributed by atoms with E-state index in [0.29, 0.717) is 21.7 Å². The fraction of sp³-hybridized carbons (Fsp3) is 0.100. The number of nitrogens with one attached hydrogen (secondary N) is 1. The van der Waals surface area contributed by atoms with Gasteiger partial charge >= 0.3 is 0 Å². The number of carbonyl (C=O) groups excluding carboxylic acids is 1. The van der Waals surface area contributed by atoms with Crippen molar-refractivity contribution in [2.24, 2.45) is 0 Å². The highest BCUT2D eigenvalue weighted by atomic mass is 79.9. The van der Waals surface area contributed by atoms with Crippen molar-refractivity contribution in [1.82, 2.24) is 9.97 Å². The summed E-state index contributed by atoms with van der Waals surface area (Å²) in [6, 6.07) is 1.61. The number of aromatic nitrogens is 2. The van der Waals surface area contributed by atoms with Crippen molar-refractivity contribution < 1.29 is 9.21 Å². The normalized spacial score (nSPS) is 10.1. The second-order valence-electron chi connectivity index (χ2n) is 3.07. The zero-order chi connectivity index (χ0) is 11.5. The largest absolute Gasteiger partial charge is 0.469 e. The Hall–Kier alpha value is -1.69.